The minimum atomic E-state index is 0.288. The van der Waals surface area contributed by atoms with Crippen molar-refractivity contribution in [2.45, 2.75) is 32.7 Å². The Morgan fingerprint density at radius 1 is 1.13 bits per heavy atom. The van der Waals surface area contributed by atoms with Crippen LogP contribution in [-0.4, -0.2) is 30.7 Å². The molecule has 3 heteroatoms. The molecule has 0 bridgehead atoms. The van der Waals surface area contributed by atoms with Gasteiger partial charge in [0.15, 0.2) is 11.5 Å². The highest BCUT2D eigenvalue weighted by Crippen LogP contribution is 2.52. The molecule has 1 N–H and O–H groups in total. The van der Waals surface area contributed by atoms with Crippen molar-refractivity contribution in [2.75, 3.05) is 20.7 Å². The number of benzene rings is 2. The van der Waals surface area contributed by atoms with Crippen molar-refractivity contribution in [3.63, 3.8) is 0 Å². The number of aromatic hydroxyl groups is 1. The van der Waals surface area contributed by atoms with Crippen LogP contribution in [0.3, 0.4) is 0 Å². The van der Waals surface area contributed by atoms with E-state index in [0.29, 0.717) is 11.8 Å². The summed E-state index contributed by atoms with van der Waals surface area (Å²) in [5, 5.41) is 10.8. The molecule has 1 aliphatic heterocycles. The molecule has 1 heterocycles. The van der Waals surface area contributed by atoms with E-state index in [4.69, 9.17) is 4.74 Å². The second-order valence-electron chi connectivity index (χ2n) is 6.92. The molecule has 1 unspecified atom stereocenters. The number of phenols is 1. The molecular formula is C20H23NO2. The molecular weight excluding hydrogens is 286 g/mol. The van der Waals surface area contributed by atoms with Crippen molar-refractivity contribution in [1.82, 2.24) is 4.90 Å². The molecule has 2 aromatic carbocycles. The number of hydrogen-bond donors (Lipinski definition) is 1. The molecule has 2 aromatic rings. The Balaban J connectivity index is 2.08. The van der Waals surface area contributed by atoms with E-state index in [1.807, 2.05) is 6.07 Å². The van der Waals surface area contributed by atoms with E-state index in [9.17, 15) is 5.11 Å². The van der Waals surface area contributed by atoms with Crippen molar-refractivity contribution < 1.29 is 9.84 Å². The quantitative estimate of drug-likeness (QED) is 0.870. The summed E-state index contributed by atoms with van der Waals surface area (Å²) in [6.07, 6.45) is 2.02. The molecule has 0 radical (unpaired) electrons. The molecule has 0 saturated heterocycles. The third kappa shape index (κ3) is 1.99. The number of nitrogens with zero attached hydrogens (tertiary/aromatic N) is 1. The van der Waals surface area contributed by atoms with E-state index < -0.39 is 0 Å². The number of rotatable bonds is 1. The lowest BCUT2D eigenvalue weighted by Crippen LogP contribution is -2.35. The molecule has 2 aliphatic rings. The Hall–Kier alpha value is -2.00. The minimum absolute atomic E-state index is 0.288. The number of likely N-dealkylation sites (N-methyl/N-ethyl adjacent to an activating group) is 1. The number of hydrogen-bond acceptors (Lipinski definition) is 3. The summed E-state index contributed by atoms with van der Waals surface area (Å²) in [5.74, 6) is 0.879. The first kappa shape index (κ1) is 14.6. The standard InChI is InChI=1S/C20H23NO2/c1-11-7-14-9-16-18-13(5-6-21(16)3)10-17(23-4)20(22)19(18)15(14)8-12(11)2/h7-8,10,16,22H,5-6,9H2,1-4H3. The van der Waals surface area contributed by atoms with E-state index in [0.717, 1.165) is 24.9 Å². The summed E-state index contributed by atoms with van der Waals surface area (Å²) in [6, 6.07) is 6.89. The molecule has 4 rings (SSSR count). The number of phenolic OH excluding ortho intramolecular Hbond substituents is 1. The van der Waals surface area contributed by atoms with E-state index in [-0.39, 0.29) is 5.75 Å². The van der Waals surface area contributed by atoms with Gasteiger partial charge in [0.05, 0.1) is 7.11 Å². The van der Waals surface area contributed by atoms with Crippen LogP contribution in [0.15, 0.2) is 18.2 Å². The van der Waals surface area contributed by atoms with Gasteiger partial charge in [-0.15, -0.1) is 0 Å². The Bertz CT molecular complexity index is 810. The highest BCUT2D eigenvalue weighted by Gasteiger charge is 2.35. The van der Waals surface area contributed by atoms with E-state index in [1.165, 1.54) is 33.4 Å². The molecule has 120 valence electrons. The van der Waals surface area contributed by atoms with Crippen LogP contribution in [-0.2, 0) is 12.8 Å². The van der Waals surface area contributed by atoms with Crippen LogP contribution in [0.1, 0.15) is 33.9 Å². The van der Waals surface area contributed by atoms with Crippen molar-refractivity contribution in [2.24, 2.45) is 0 Å². The van der Waals surface area contributed by atoms with Gasteiger partial charge in [-0.1, -0.05) is 12.1 Å². The van der Waals surface area contributed by atoms with Crippen molar-refractivity contribution in [3.8, 4) is 22.6 Å². The van der Waals surface area contributed by atoms with Gasteiger partial charge in [0.25, 0.3) is 0 Å². The SMILES string of the molecule is COc1cc2c3c(c1O)-c1cc(C)c(C)cc1CC3N(C)CC2. The summed E-state index contributed by atoms with van der Waals surface area (Å²) in [5.41, 5.74) is 8.69. The maximum Gasteiger partial charge on any atom is 0.166 e. The van der Waals surface area contributed by atoms with Crippen LogP contribution >= 0.6 is 0 Å². The van der Waals surface area contributed by atoms with Gasteiger partial charge >= 0.3 is 0 Å². The number of fused-ring (bicyclic) bond motifs is 2. The third-order valence-electron chi connectivity index (χ3n) is 5.61. The molecule has 0 aromatic heterocycles. The van der Waals surface area contributed by atoms with Gasteiger partial charge in [-0.2, -0.15) is 0 Å². The van der Waals surface area contributed by atoms with E-state index in [1.54, 1.807) is 7.11 Å². The average molecular weight is 309 g/mol. The fourth-order valence-corrected chi connectivity index (χ4v) is 4.15. The molecule has 0 spiro atoms. The van der Waals surface area contributed by atoms with Crippen LogP contribution in [0, 0.1) is 13.8 Å². The van der Waals surface area contributed by atoms with Gasteiger partial charge in [0.2, 0.25) is 0 Å². The van der Waals surface area contributed by atoms with E-state index in [2.05, 4.69) is 37.9 Å². The van der Waals surface area contributed by atoms with Crippen LogP contribution in [0.5, 0.6) is 11.5 Å². The minimum Gasteiger partial charge on any atom is -0.504 e. The largest absolute Gasteiger partial charge is 0.504 e. The topological polar surface area (TPSA) is 32.7 Å². The van der Waals surface area contributed by atoms with Gasteiger partial charge in [-0.25, -0.2) is 0 Å². The molecule has 23 heavy (non-hydrogen) atoms. The molecule has 0 saturated carbocycles. The maximum absolute atomic E-state index is 10.8. The van der Waals surface area contributed by atoms with Crippen LogP contribution < -0.4 is 4.74 Å². The summed E-state index contributed by atoms with van der Waals surface area (Å²) < 4.78 is 5.45. The molecule has 0 fully saturated rings. The van der Waals surface area contributed by atoms with Gasteiger partial charge in [-0.05, 0) is 73.2 Å². The van der Waals surface area contributed by atoms with Crippen molar-refractivity contribution >= 4 is 0 Å². The number of ether oxygens (including phenoxy) is 1. The van der Waals surface area contributed by atoms with Crippen molar-refractivity contribution in [3.05, 3.63) is 46.0 Å². The molecule has 0 amide bonds. The third-order valence-corrected chi connectivity index (χ3v) is 5.61. The molecule has 1 atom stereocenters. The Kier molecular flexibility index (Phi) is 3.17. The zero-order valence-electron chi connectivity index (χ0n) is 14.2. The molecule has 3 nitrogen and oxygen atoms in total. The zero-order valence-corrected chi connectivity index (χ0v) is 14.2. The summed E-state index contributed by atoms with van der Waals surface area (Å²) in [4.78, 5) is 2.41. The van der Waals surface area contributed by atoms with Crippen LogP contribution in [0.4, 0.5) is 0 Å². The Labute approximate surface area is 137 Å². The maximum atomic E-state index is 10.8. The first-order chi connectivity index (χ1) is 11.0. The highest BCUT2D eigenvalue weighted by atomic mass is 16.5. The van der Waals surface area contributed by atoms with Gasteiger partial charge < -0.3 is 9.84 Å². The van der Waals surface area contributed by atoms with Crippen LogP contribution in [0.2, 0.25) is 0 Å². The second-order valence-corrected chi connectivity index (χ2v) is 6.92. The number of methoxy groups -OCH3 is 1. The lowest BCUT2D eigenvalue weighted by molar-refractivity contribution is 0.227. The monoisotopic (exact) mass is 309 g/mol. The predicted octanol–water partition coefficient (Wildman–Crippen LogP) is 3.77. The first-order valence-corrected chi connectivity index (χ1v) is 8.24. The Morgan fingerprint density at radius 3 is 2.61 bits per heavy atom. The summed E-state index contributed by atoms with van der Waals surface area (Å²) in [6.45, 7) is 5.34. The van der Waals surface area contributed by atoms with E-state index >= 15 is 0 Å². The Morgan fingerprint density at radius 2 is 1.87 bits per heavy atom. The average Bonchev–Trinajstić information content (AvgIpc) is 2.53. The van der Waals surface area contributed by atoms with Gasteiger partial charge in [0.1, 0.15) is 0 Å². The second kappa shape index (κ2) is 5.00. The predicted molar refractivity (Wildman–Crippen MR) is 92.3 cm³/mol. The lowest BCUT2D eigenvalue weighted by Gasteiger charge is -2.40. The first-order valence-electron chi connectivity index (χ1n) is 8.24. The molecule has 1 aliphatic carbocycles. The highest BCUT2D eigenvalue weighted by molar-refractivity contribution is 5.83. The summed E-state index contributed by atoms with van der Waals surface area (Å²) >= 11 is 0. The lowest BCUT2D eigenvalue weighted by atomic mass is 9.76. The van der Waals surface area contributed by atoms with Crippen molar-refractivity contribution in [1.29, 1.82) is 0 Å². The summed E-state index contributed by atoms with van der Waals surface area (Å²) in [7, 11) is 3.81. The van der Waals surface area contributed by atoms with Crippen LogP contribution in [0.25, 0.3) is 11.1 Å². The fourth-order valence-electron chi connectivity index (χ4n) is 4.15. The van der Waals surface area contributed by atoms with Gasteiger partial charge in [-0.3, -0.25) is 4.90 Å². The smallest absolute Gasteiger partial charge is 0.166 e. The zero-order chi connectivity index (χ0) is 16.3. The fraction of sp³-hybridized carbons (Fsp3) is 0.400. The normalized spacial score (nSPS) is 19.2. The van der Waals surface area contributed by atoms with Gasteiger partial charge in [0, 0.05) is 18.2 Å². The number of aryl methyl sites for hydroxylation is 2.